The van der Waals surface area contributed by atoms with Crippen molar-refractivity contribution in [2.45, 2.75) is 45.4 Å². The first-order valence-corrected chi connectivity index (χ1v) is 13.8. The highest BCUT2D eigenvalue weighted by Crippen LogP contribution is 2.35. The van der Waals surface area contributed by atoms with Gasteiger partial charge in [-0.2, -0.15) is 13.2 Å². The number of nitrogens with zero attached hydrogens (tertiary/aromatic N) is 5. The van der Waals surface area contributed by atoms with Gasteiger partial charge in [0.25, 0.3) is 5.91 Å². The number of hydrogen-bond donors (Lipinski definition) is 2. The summed E-state index contributed by atoms with van der Waals surface area (Å²) in [6.07, 6.45) is 1.74. The summed E-state index contributed by atoms with van der Waals surface area (Å²) in [4.78, 5) is 33.1. The number of ether oxygens (including phenoxy) is 2. The number of carbonyl (C=O) groups is 1. The van der Waals surface area contributed by atoms with Crippen molar-refractivity contribution in [2.75, 3.05) is 42.8 Å². The molecule has 10 nitrogen and oxygen atoms in total. The summed E-state index contributed by atoms with van der Waals surface area (Å²) in [7, 11) is 3.23. The summed E-state index contributed by atoms with van der Waals surface area (Å²) in [5.74, 6) is 0.408. The molecule has 4 aromatic rings. The monoisotopic (exact) mass is 595 g/mol. The van der Waals surface area contributed by atoms with Crippen molar-refractivity contribution in [2.24, 2.45) is 0 Å². The van der Waals surface area contributed by atoms with Crippen LogP contribution in [0.25, 0.3) is 11.0 Å². The number of amides is 1. The maximum absolute atomic E-state index is 13.3. The van der Waals surface area contributed by atoms with Crippen LogP contribution in [0.15, 0.2) is 42.9 Å². The van der Waals surface area contributed by atoms with Gasteiger partial charge in [-0.1, -0.05) is 0 Å². The molecule has 0 spiro atoms. The molecule has 3 heterocycles. The van der Waals surface area contributed by atoms with Gasteiger partial charge < -0.3 is 25.0 Å². The Labute approximate surface area is 246 Å². The molecule has 1 saturated heterocycles. The fraction of sp³-hybridized carbons (Fsp3) is 0.367. The number of hydrogen-bond acceptors (Lipinski definition) is 9. The number of methoxy groups -OCH3 is 1. The standard InChI is InChI=1S/C30H32F3N7O3/c1-17-11-19(28(41)38-23-13-20(30(31,32)33)8-9-25(23)42-4)12-22(18(17)2)37-27-26-24(35-16-36-27)14-34-29(39-26)40(3)15-21-7-5-6-10-43-21/h8-9,11-14,16,21H,5-7,10,15H2,1-4H3,(H,38,41)(H,35,36,37). The van der Waals surface area contributed by atoms with Gasteiger partial charge in [0, 0.05) is 31.5 Å². The minimum atomic E-state index is -4.58. The van der Waals surface area contributed by atoms with Gasteiger partial charge in [0.2, 0.25) is 5.95 Å². The van der Waals surface area contributed by atoms with Gasteiger partial charge in [-0.05, 0) is 74.6 Å². The third-order valence-electron chi connectivity index (χ3n) is 7.42. The van der Waals surface area contributed by atoms with Crippen molar-refractivity contribution < 1.29 is 27.4 Å². The lowest BCUT2D eigenvalue weighted by Gasteiger charge is -2.27. The molecule has 0 bridgehead atoms. The Morgan fingerprint density at radius 1 is 1.12 bits per heavy atom. The molecule has 0 aliphatic carbocycles. The Bertz CT molecular complexity index is 1640. The molecule has 43 heavy (non-hydrogen) atoms. The zero-order valence-electron chi connectivity index (χ0n) is 24.2. The Morgan fingerprint density at radius 2 is 1.93 bits per heavy atom. The Kier molecular flexibility index (Phi) is 8.62. The number of fused-ring (bicyclic) bond motifs is 1. The van der Waals surface area contributed by atoms with E-state index in [0.29, 0.717) is 35.0 Å². The molecule has 0 radical (unpaired) electrons. The van der Waals surface area contributed by atoms with Crippen molar-refractivity contribution in [3.8, 4) is 5.75 Å². The van der Waals surface area contributed by atoms with Crippen molar-refractivity contribution in [1.29, 1.82) is 0 Å². The fourth-order valence-electron chi connectivity index (χ4n) is 4.88. The first-order valence-electron chi connectivity index (χ1n) is 13.8. The molecule has 1 aliphatic heterocycles. The van der Waals surface area contributed by atoms with Crippen LogP contribution < -0.4 is 20.3 Å². The number of aryl methyl sites for hydroxylation is 1. The molecule has 1 amide bonds. The van der Waals surface area contributed by atoms with E-state index >= 15 is 0 Å². The van der Waals surface area contributed by atoms with Gasteiger partial charge in [-0.25, -0.2) is 19.9 Å². The maximum Gasteiger partial charge on any atom is 0.416 e. The molecule has 13 heteroatoms. The zero-order chi connectivity index (χ0) is 30.7. The van der Waals surface area contributed by atoms with Crippen molar-refractivity contribution in [3.63, 3.8) is 0 Å². The normalized spacial score (nSPS) is 15.3. The molecule has 2 N–H and O–H groups in total. The molecule has 1 unspecified atom stereocenters. The molecular formula is C30H32F3N7O3. The topological polar surface area (TPSA) is 114 Å². The predicted molar refractivity (Wildman–Crippen MR) is 157 cm³/mol. The average Bonchev–Trinajstić information content (AvgIpc) is 2.99. The molecular weight excluding hydrogens is 563 g/mol. The summed E-state index contributed by atoms with van der Waals surface area (Å²) >= 11 is 0. The van der Waals surface area contributed by atoms with Crippen molar-refractivity contribution in [3.05, 3.63) is 65.1 Å². The van der Waals surface area contributed by atoms with Crippen LogP contribution in [-0.2, 0) is 10.9 Å². The Hall–Kier alpha value is -4.52. The minimum Gasteiger partial charge on any atom is -0.495 e. The lowest BCUT2D eigenvalue weighted by Crippen LogP contribution is -2.34. The van der Waals surface area contributed by atoms with Crippen molar-refractivity contribution in [1.82, 2.24) is 19.9 Å². The number of rotatable bonds is 8. The smallest absolute Gasteiger partial charge is 0.416 e. The van der Waals surface area contributed by atoms with Gasteiger partial charge in [0.05, 0.1) is 30.7 Å². The molecule has 1 atom stereocenters. The third-order valence-corrected chi connectivity index (χ3v) is 7.42. The van der Waals surface area contributed by atoms with E-state index in [-0.39, 0.29) is 23.1 Å². The van der Waals surface area contributed by atoms with E-state index in [1.54, 1.807) is 18.3 Å². The van der Waals surface area contributed by atoms with Crippen LogP contribution in [0.5, 0.6) is 5.75 Å². The largest absolute Gasteiger partial charge is 0.495 e. The van der Waals surface area contributed by atoms with Crippen molar-refractivity contribution >= 4 is 40.1 Å². The second kappa shape index (κ2) is 12.4. The summed E-state index contributed by atoms with van der Waals surface area (Å²) in [6.45, 7) is 5.12. The number of anilines is 4. The summed E-state index contributed by atoms with van der Waals surface area (Å²) < 4.78 is 51.0. The second-order valence-corrected chi connectivity index (χ2v) is 10.5. The third kappa shape index (κ3) is 6.77. The van der Waals surface area contributed by atoms with Crippen LogP contribution in [0.3, 0.4) is 0 Å². The number of carbonyl (C=O) groups excluding carboxylic acids is 1. The highest BCUT2D eigenvalue weighted by atomic mass is 19.4. The van der Waals surface area contributed by atoms with Crippen LogP contribution in [0, 0.1) is 13.8 Å². The van der Waals surface area contributed by atoms with Gasteiger partial charge in [-0.15, -0.1) is 0 Å². The van der Waals surface area contributed by atoms with E-state index in [4.69, 9.17) is 14.5 Å². The first-order chi connectivity index (χ1) is 20.5. The molecule has 0 saturated carbocycles. The van der Waals surface area contributed by atoms with E-state index in [0.717, 1.165) is 49.1 Å². The number of likely N-dealkylation sites (N-methyl/N-ethyl adjacent to an activating group) is 1. The maximum atomic E-state index is 13.3. The lowest BCUT2D eigenvalue weighted by atomic mass is 10.0. The van der Waals surface area contributed by atoms with Crippen LogP contribution in [-0.4, -0.2) is 59.3 Å². The van der Waals surface area contributed by atoms with E-state index in [2.05, 4.69) is 25.6 Å². The van der Waals surface area contributed by atoms with Gasteiger partial charge in [-0.3, -0.25) is 4.79 Å². The molecule has 2 aromatic heterocycles. The minimum absolute atomic E-state index is 0.0937. The number of benzene rings is 2. The quantitative estimate of drug-likeness (QED) is 0.251. The molecule has 2 aromatic carbocycles. The Balaban J connectivity index is 1.42. The van der Waals surface area contributed by atoms with Gasteiger partial charge in [0.1, 0.15) is 23.1 Å². The van der Waals surface area contributed by atoms with Gasteiger partial charge >= 0.3 is 6.18 Å². The lowest BCUT2D eigenvalue weighted by molar-refractivity contribution is -0.137. The van der Waals surface area contributed by atoms with Crippen LogP contribution in [0.4, 0.5) is 36.3 Å². The number of alkyl halides is 3. The fourth-order valence-corrected chi connectivity index (χ4v) is 4.88. The number of aromatic nitrogens is 4. The summed E-state index contributed by atoms with van der Waals surface area (Å²) in [5, 5.41) is 5.83. The zero-order valence-corrected chi connectivity index (χ0v) is 24.2. The highest BCUT2D eigenvalue weighted by molar-refractivity contribution is 6.06. The molecule has 226 valence electrons. The van der Waals surface area contributed by atoms with E-state index in [9.17, 15) is 18.0 Å². The average molecular weight is 596 g/mol. The van der Waals surface area contributed by atoms with E-state index in [1.807, 2.05) is 25.8 Å². The number of halogens is 3. The molecule has 1 fully saturated rings. The number of nitrogens with one attached hydrogen (secondary N) is 2. The predicted octanol–water partition coefficient (Wildman–Crippen LogP) is 6.07. The molecule has 5 rings (SSSR count). The summed E-state index contributed by atoms with van der Waals surface area (Å²) in [6, 6.07) is 6.19. The second-order valence-electron chi connectivity index (χ2n) is 10.5. The van der Waals surface area contributed by atoms with Crippen LogP contribution >= 0.6 is 0 Å². The first kappa shape index (κ1) is 30.0. The summed E-state index contributed by atoms with van der Waals surface area (Å²) in [5.41, 5.74) is 2.46. The SMILES string of the molecule is COc1ccc(C(F)(F)F)cc1NC(=O)c1cc(C)c(C)c(Nc2ncnc3cnc(N(C)CC4CCCCO4)nc23)c1. The highest BCUT2D eigenvalue weighted by Gasteiger charge is 2.31. The van der Waals surface area contributed by atoms with Crippen LogP contribution in [0.2, 0.25) is 0 Å². The van der Waals surface area contributed by atoms with Crippen LogP contribution in [0.1, 0.15) is 46.3 Å². The van der Waals surface area contributed by atoms with Gasteiger partial charge in [0.15, 0.2) is 5.82 Å². The van der Waals surface area contributed by atoms with E-state index in [1.165, 1.54) is 19.5 Å². The Morgan fingerprint density at radius 3 is 2.65 bits per heavy atom. The van der Waals surface area contributed by atoms with E-state index < -0.39 is 17.6 Å². The molecule has 1 aliphatic rings.